The maximum atomic E-state index is 11.9. The van der Waals surface area contributed by atoms with E-state index in [1.165, 1.54) is 0 Å². The fourth-order valence-corrected chi connectivity index (χ4v) is 2.86. The van der Waals surface area contributed by atoms with Gasteiger partial charge in [0.25, 0.3) is 5.91 Å². The van der Waals surface area contributed by atoms with Crippen molar-refractivity contribution in [1.29, 1.82) is 0 Å². The lowest BCUT2D eigenvalue weighted by Crippen LogP contribution is -2.29. The highest BCUT2D eigenvalue weighted by molar-refractivity contribution is 5.94. The number of rotatable bonds is 6. The van der Waals surface area contributed by atoms with Gasteiger partial charge in [-0.3, -0.25) is 4.79 Å². The molecule has 0 saturated carbocycles. The molecular weight excluding hydrogens is 298 g/mol. The minimum absolute atomic E-state index is 0.134. The molecule has 1 atom stereocenters. The normalized spacial score (nSPS) is 15.1. The van der Waals surface area contributed by atoms with E-state index in [9.17, 15) is 9.59 Å². The summed E-state index contributed by atoms with van der Waals surface area (Å²) in [6.07, 6.45) is 0.226. The Morgan fingerprint density at radius 1 is 1.43 bits per heavy atom. The molecule has 128 valence electrons. The topological polar surface area (TPSA) is 95.6 Å². The van der Waals surface area contributed by atoms with Gasteiger partial charge in [0.05, 0.1) is 31.0 Å². The number of hydrogen-bond acceptors (Lipinski definition) is 4. The van der Waals surface area contributed by atoms with Gasteiger partial charge in [0.15, 0.2) is 0 Å². The molecule has 0 spiro atoms. The number of ether oxygens (including phenoxy) is 2. The number of hydrogen-bond donors (Lipinski definition) is 2. The SMILES string of the molecule is CC(C)CC(C)OC(=O)NCc1cc(C(N)=O)c2n1CCOC2. The van der Waals surface area contributed by atoms with E-state index in [-0.39, 0.29) is 12.6 Å². The van der Waals surface area contributed by atoms with Gasteiger partial charge < -0.3 is 25.1 Å². The van der Waals surface area contributed by atoms with Gasteiger partial charge in [0.1, 0.15) is 6.10 Å². The first-order valence-corrected chi connectivity index (χ1v) is 7.91. The zero-order valence-corrected chi connectivity index (χ0v) is 13.9. The molecular formula is C16H25N3O4. The molecule has 0 bridgehead atoms. The van der Waals surface area contributed by atoms with Crippen molar-refractivity contribution >= 4 is 12.0 Å². The maximum absolute atomic E-state index is 11.9. The number of alkyl carbamates (subject to hydrolysis) is 1. The Hall–Kier alpha value is -2.02. The molecule has 1 aliphatic rings. The third-order valence-electron chi connectivity index (χ3n) is 3.78. The van der Waals surface area contributed by atoms with Crippen LogP contribution in [0.25, 0.3) is 0 Å². The molecule has 0 saturated heterocycles. The second-order valence-electron chi connectivity index (χ2n) is 6.26. The van der Waals surface area contributed by atoms with Crippen molar-refractivity contribution in [2.75, 3.05) is 6.61 Å². The second kappa shape index (κ2) is 7.50. The van der Waals surface area contributed by atoms with Crippen LogP contribution in [0.15, 0.2) is 6.07 Å². The lowest BCUT2D eigenvalue weighted by molar-refractivity contribution is 0.0806. The number of primary amides is 1. The van der Waals surface area contributed by atoms with Gasteiger partial charge in [0.2, 0.25) is 0 Å². The van der Waals surface area contributed by atoms with Gasteiger partial charge >= 0.3 is 6.09 Å². The van der Waals surface area contributed by atoms with Crippen molar-refractivity contribution in [2.24, 2.45) is 11.7 Å². The molecule has 1 aromatic rings. The summed E-state index contributed by atoms with van der Waals surface area (Å²) in [5, 5.41) is 2.73. The second-order valence-corrected chi connectivity index (χ2v) is 6.26. The van der Waals surface area contributed by atoms with E-state index in [2.05, 4.69) is 19.2 Å². The number of nitrogens with zero attached hydrogens (tertiary/aromatic N) is 1. The third-order valence-corrected chi connectivity index (χ3v) is 3.78. The molecule has 0 fully saturated rings. The number of carbonyl (C=O) groups is 2. The maximum Gasteiger partial charge on any atom is 0.407 e. The Balaban J connectivity index is 1.98. The van der Waals surface area contributed by atoms with Crippen LogP contribution < -0.4 is 11.1 Å². The summed E-state index contributed by atoms with van der Waals surface area (Å²) in [7, 11) is 0. The lowest BCUT2D eigenvalue weighted by Gasteiger charge is -2.20. The van der Waals surface area contributed by atoms with E-state index in [0.29, 0.717) is 31.2 Å². The van der Waals surface area contributed by atoms with E-state index < -0.39 is 12.0 Å². The Morgan fingerprint density at radius 2 is 2.17 bits per heavy atom. The standard InChI is InChI=1S/C16H25N3O4/c1-10(2)6-11(3)23-16(21)18-8-12-7-13(15(17)20)14-9-22-5-4-19(12)14/h7,10-11H,4-6,8-9H2,1-3H3,(H2,17,20)(H,18,21). The number of nitrogens with one attached hydrogen (secondary N) is 1. The summed E-state index contributed by atoms with van der Waals surface area (Å²) in [6.45, 7) is 7.89. The van der Waals surface area contributed by atoms with Crippen molar-refractivity contribution < 1.29 is 19.1 Å². The summed E-state index contributed by atoms with van der Waals surface area (Å²) < 4.78 is 12.7. The number of amides is 2. The Bertz CT molecular complexity index is 580. The predicted octanol–water partition coefficient (Wildman–Crippen LogP) is 1.78. The van der Waals surface area contributed by atoms with Gasteiger partial charge in [-0.05, 0) is 25.3 Å². The van der Waals surface area contributed by atoms with Crippen LogP contribution in [0.2, 0.25) is 0 Å². The van der Waals surface area contributed by atoms with E-state index in [1.807, 2.05) is 11.5 Å². The summed E-state index contributed by atoms with van der Waals surface area (Å²) >= 11 is 0. The van der Waals surface area contributed by atoms with E-state index in [4.69, 9.17) is 15.2 Å². The van der Waals surface area contributed by atoms with Crippen LogP contribution in [-0.2, 0) is 29.2 Å². The summed E-state index contributed by atoms with van der Waals surface area (Å²) in [6, 6.07) is 1.71. The third kappa shape index (κ3) is 4.48. The average Bonchev–Trinajstić information content (AvgIpc) is 2.83. The fourth-order valence-electron chi connectivity index (χ4n) is 2.86. The highest BCUT2D eigenvalue weighted by atomic mass is 16.6. The fraction of sp³-hybridized carbons (Fsp3) is 0.625. The predicted molar refractivity (Wildman–Crippen MR) is 84.8 cm³/mol. The molecule has 23 heavy (non-hydrogen) atoms. The summed E-state index contributed by atoms with van der Waals surface area (Å²) in [4.78, 5) is 23.4. The largest absolute Gasteiger partial charge is 0.447 e. The minimum Gasteiger partial charge on any atom is -0.447 e. The van der Waals surface area contributed by atoms with Crippen LogP contribution in [0.3, 0.4) is 0 Å². The first kappa shape index (κ1) is 17.3. The van der Waals surface area contributed by atoms with Crippen LogP contribution in [0.4, 0.5) is 4.79 Å². The first-order valence-electron chi connectivity index (χ1n) is 7.91. The molecule has 0 radical (unpaired) electrons. The quantitative estimate of drug-likeness (QED) is 0.834. The van der Waals surface area contributed by atoms with Crippen LogP contribution in [0, 0.1) is 5.92 Å². The van der Waals surface area contributed by atoms with Crippen molar-refractivity contribution in [3.63, 3.8) is 0 Å². The van der Waals surface area contributed by atoms with Crippen LogP contribution >= 0.6 is 0 Å². The highest BCUT2D eigenvalue weighted by Crippen LogP contribution is 2.20. The van der Waals surface area contributed by atoms with E-state index >= 15 is 0 Å². The molecule has 1 aromatic heterocycles. The van der Waals surface area contributed by atoms with Gasteiger partial charge in [-0.1, -0.05) is 13.8 Å². The van der Waals surface area contributed by atoms with Gasteiger partial charge in [-0.2, -0.15) is 0 Å². The minimum atomic E-state index is -0.487. The van der Waals surface area contributed by atoms with Gasteiger partial charge in [-0.25, -0.2) is 4.79 Å². The lowest BCUT2D eigenvalue weighted by atomic mass is 10.1. The molecule has 2 heterocycles. The van der Waals surface area contributed by atoms with Crippen molar-refractivity contribution in [1.82, 2.24) is 9.88 Å². The van der Waals surface area contributed by atoms with Crippen LogP contribution in [-0.4, -0.2) is 29.3 Å². The number of fused-ring (bicyclic) bond motifs is 1. The smallest absolute Gasteiger partial charge is 0.407 e. The Morgan fingerprint density at radius 3 is 2.83 bits per heavy atom. The number of nitrogens with two attached hydrogens (primary N) is 1. The molecule has 2 rings (SSSR count). The van der Waals surface area contributed by atoms with Crippen molar-refractivity contribution in [3.8, 4) is 0 Å². The summed E-state index contributed by atoms with van der Waals surface area (Å²) in [5.74, 6) is -0.0211. The van der Waals surface area contributed by atoms with E-state index in [0.717, 1.165) is 17.8 Å². The molecule has 1 unspecified atom stereocenters. The average molecular weight is 323 g/mol. The summed E-state index contributed by atoms with van der Waals surface area (Å²) in [5.41, 5.74) is 7.44. The molecule has 1 aliphatic heterocycles. The Labute approximate surface area is 136 Å². The van der Waals surface area contributed by atoms with Crippen LogP contribution in [0.1, 0.15) is 48.9 Å². The molecule has 7 nitrogen and oxygen atoms in total. The first-order chi connectivity index (χ1) is 10.9. The molecule has 0 aliphatic carbocycles. The van der Waals surface area contributed by atoms with Gasteiger partial charge in [-0.15, -0.1) is 0 Å². The zero-order chi connectivity index (χ0) is 17.0. The van der Waals surface area contributed by atoms with Crippen molar-refractivity contribution in [3.05, 3.63) is 23.0 Å². The zero-order valence-electron chi connectivity index (χ0n) is 13.9. The van der Waals surface area contributed by atoms with Gasteiger partial charge in [0, 0.05) is 12.2 Å². The Kier molecular flexibility index (Phi) is 5.65. The molecule has 7 heteroatoms. The monoisotopic (exact) mass is 323 g/mol. The number of carbonyl (C=O) groups excluding carboxylic acids is 2. The van der Waals surface area contributed by atoms with Crippen molar-refractivity contribution in [2.45, 2.75) is 53.0 Å². The highest BCUT2D eigenvalue weighted by Gasteiger charge is 2.22. The molecule has 2 amide bonds. The molecule has 3 N–H and O–H groups in total. The molecule has 0 aromatic carbocycles. The van der Waals surface area contributed by atoms with E-state index in [1.54, 1.807) is 6.07 Å². The number of aromatic nitrogens is 1. The van der Waals surface area contributed by atoms with Crippen LogP contribution in [0.5, 0.6) is 0 Å².